The SMILES string of the molecule is Cc1cccc2c1c1cccc(C(C)C)c1c1n(C(C)C)c(C)c[n+]21. The van der Waals surface area contributed by atoms with Gasteiger partial charge in [0.25, 0.3) is 5.65 Å². The number of hydrogen-bond acceptors (Lipinski definition) is 0. The molecule has 0 saturated heterocycles. The van der Waals surface area contributed by atoms with Gasteiger partial charge in [-0.2, -0.15) is 4.40 Å². The topological polar surface area (TPSA) is 9.03 Å². The molecule has 0 radical (unpaired) electrons. The molecule has 2 aromatic carbocycles. The number of fused-ring (bicyclic) bond motifs is 6. The van der Waals surface area contributed by atoms with Crippen molar-refractivity contribution in [1.82, 2.24) is 4.57 Å². The Hall–Kier alpha value is -2.35. The zero-order chi connectivity index (χ0) is 17.9. The van der Waals surface area contributed by atoms with Crippen molar-refractivity contribution >= 4 is 27.3 Å². The van der Waals surface area contributed by atoms with Crippen LogP contribution in [0.1, 0.15) is 56.5 Å². The van der Waals surface area contributed by atoms with E-state index < -0.39 is 0 Å². The highest BCUT2D eigenvalue weighted by Crippen LogP contribution is 2.35. The van der Waals surface area contributed by atoms with Gasteiger partial charge in [0.05, 0.1) is 11.4 Å². The first kappa shape index (κ1) is 16.1. The molecule has 2 heterocycles. The number of hydrogen-bond donors (Lipinski definition) is 0. The highest BCUT2D eigenvalue weighted by Gasteiger charge is 2.26. The molecule has 0 aliphatic rings. The van der Waals surface area contributed by atoms with E-state index in [0.717, 1.165) is 0 Å². The third-order valence-corrected chi connectivity index (χ3v) is 5.39. The minimum atomic E-state index is 0.427. The van der Waals surface area contributed by atoms with Crippen molar-refractivity contribution in [3.63, 3.8) is 0 Å². The number of benzene rings is 2. The molecule has 0 fully saturated rings. The fourth-order valence-electron chi connectivity index (χ4n) is 4.38. The van der Waals surface area contributed by atoms with E-state index in [9.17, 15) is 0 Å². The van der Waals surface area contributed by atoms with E-state index in [1.54, 1.807) is 0 Å². The molecule has 0 N–H and O–H groups in total. The van der Waals surface area contributed by atoms with E-state index in [1.807, 2.05) is 0 Å². The number of imidazole rings is 1. The average molecular weight is 331 g/mol. The van der Waals surface area contributed by atoms with Crippen LogP contribution in [-0.2, 0) is 0 Å². The summed E-state index contributed by atoms with van der Waals surface area (Å²) in [5.41, 5.74) is 6.70. The molecular formula is C23H27N2+. The lowest BCUT2D eigenvalue weighted by Gasteiger charge is -2.14. The van der Waals surface area contributed by atoms with Crippen LogP contribution in [0.25, 0.3) is 27.3 Å². The molecule has 2 aromatic heterocycles. The summed E-state index contributed by atoms with van der Waals surface area (Å²) in [6.45, 7) is 13.6. The summed E-state index contributed by atoms with van der Waals surface area (Å²) in [5, 5.41) is 4.15. The number of rotatable bonds is 2. The van der Waals surface area contributed by atoms with Gasteiger partial charge in [-0.25, -0.2) is 4.57 Å². The Balaban J connectivity index is 2.43. The Morgan fingerprint density at radius 3 is 2.28 bits per heavy atom. The molecule has 0 atom stereocenters. The van der Waals surface area contributed by atoms with Gasteiger partial charge in [0, 0.05) is 17.7 Å². The first-order valence-corrected chi connectivity index (χ1v) is 9.29. The Bertz CT molecular complexity index is 1110. The van der Waals surface area contributed by atoms with Crippen LogP contribution in [0.2, 0.25) is 0 Å². The van der Waals surface area contributed by atoms with Crippen LogP contribution in [0.4, 0.5) is 0 Å². The number of pyridine rings is 1. The molecule has 0 aliphatic carbocycles. The van der Waals surface area contributed by atoms with Crippen LogP contribution in [0, 0.1) is 13.8 Å². The van der Waals surface area contributed by atoms with Gasteiger partial charge >= 0.3 is 0 Å². The van der Waals surface area contributed by atoms with Crippen molar-refractivity contribution < 1.29 is 4.40 Å². The molecule has 4 rings (SSSR count). The highest BCUT2D eigenvalue weighted by atomic mass is 15.1. The fraction of sp³-hybridized carbons (Fsp3) is 0.348. The monoisotopic (exact) mass is 331 g/mol. The Morgan fingerprint density at radius 1 is 0.880 bits per heavy atom. The lowest BCUT2D eigenvalue weighted by atomic mass is 9.93. The zero-order valence-corrected chi connectivity index (χ0v) is 16.1. The first-order chi connectivity index (χ1) is 11.9. The number of aryl methyl sites for hydroxylation is 2. The number of aromatic nitrogens is 2. The predicted octanol–water partition coefficient (Wildman–Crippen LogP) is 5.85. The summed E-state index contributed by atoms with van der Waals surface area (Å²) in [6, 6.07) is 13.9. The van der Waals surface area contributed by atoms with Crippen LogP contribution in [0.5, 0.6) is 0 Å². The lowest BCUT2D eigenvalue weighted by Crippen LogP contribution is -2.23. The van der Waals surface area contributed by atoms with E-state index in [2.05, 4.69) is 93.1 Å². The van der Waals surface area contributed by atoms with Gasteiger partial charge in [-0.3, -0.25) is 0 Å². The number of nitrogens with zero attached hydrogens (tertiary/aromatic N) is 2. The highest BCUT2D eigenvalue weighted by molar-refractivity contribution is 6.11. The van der Waals surface area contributed by atoms with Crippen molar-refractivity contribution in [1.29, 1.82) is 0 Å². The minimum Gasteiger partial charge on any atom is -0.225 e. The Morgan fingerprint density at radius 2 is 1.60 bits per heavy atom. The Kier molecular flexibility index (Phi) is 3.61. The molecule has 0 amide bonds. The normalized spacial score (nSPS) is 12.3. The van der Waals surface area contributed by atoms with E-state index >= 15 is 0 Å². The van der Waals surface area contributed by atoms with E-state index in [-0.39, 0.29) is 0 Å². The second-order valence-corrected chi connectivity index (χ2v) is 7.82. The van der Waals surface area contributed by atoms with Gasteiger partial charge in [0.2, 0.25) is 0 Å². The molecule has 4 aromatic rings. The molecule has 0 spiro atoms. The largest absolute Gasteiger partial charge is 0.295 e. The molecule has 0 bridgehead atoms. The molecule has 0 aliphatic heterocycles. The van der Waals surface area contributed by atoms with Gasteiger partial charge in [-0.15, -0.1) is 0 Å². The maximum atomic E-state index is 2.48. The van der Waals surface area contributed by atoms with Crippen molar-refractivity contribution in [2.75, 3.05) is 0 Å². The fourth-order valence-corrected chi connectivity index (χ4v) is 4.38. The summed E-state index contributed by atoms with van der Waals surface area (Å²) in [4.78, 5) is 0. The van der Waals surface area contributed by atoms with E-state index in [1.165, 1.54) is 44.1 Å². The van der Waals surface area contributed by atoms with Gasteiger partial charge in [-0.1, -0.05) is 44.2 Å². The van der Waals surface area contributed by atoms with E-state index in [4.69, 9.17) is 0 Å². The summed E-state index contributed by atoms with van der Waals surface area (Å²) < 4.78 is 4.89. The standard InChI is InChI=1S/C23H27N2/c1-14(2)18-10-8-11-19-21-16(5)9-7-12-20(21)24-13-17(6)25(15(3)4)23(24)22(18)19/h7-15H,1-6H3/q+1. The maximum absolute atomic E-state index is 2.48. The van der Waals surface area contributed by atoms with Crippen molar-refractivity contribution in [2.45, 2.75) is 53.5 Å². The van der Waals surface area contributed by atoms with Crippen LogP contribution in [0.15, 0.2) is 42.6 Å². The summed E-state index contributed by atoms with van der Waals surface area (Å²) in [7, 11) is 0. The van der Waals surface area contributed by atoms with Gasteiger partial charge in [0.15, 0.2) is 0 Å². The minimum absolute atomic E-state index is 0.427. The molecular weight excluding hydrogens is 304 g/mol. The van der Waals surface area contributed by atoms with Crippen LogP contribution in [0.3, 0.4) is 0 Å². The van der Waals surface area contributed by atoms with Gasteiger partial charge in [-0.05, 0) is 43.9 Å². The van der Waals surface area contributed by atoms with Crippen LogP contribution in [-0.4, -0.2) is 4.57 Å². The third-order valence-electron chi connectivity index (χ3n) is 5.39. The molecule has 128 valence electrons. The quantitative estimate of drug-likeness (QED) is 0.322. The Labute approximate surface area is 149 Å². The molecule has 2 heteroatoms. The van der Waals surface area contributed by atoms with Crippen LogP contribution >= 0.6 is 0 Å². The average Bonchev–Trinajstić information content (AvgIpc) is 2.91. The van der Waals surface area contributed by atoms with Gasteiger partial charge in [0.1, 0.15) is 17.4 Å². The molecule has 0 saturated carbocycles. The predicted molar refractivity (Wildman–Crippen MR) is 107 cm³/mol. The van der Waals surface area contributed by atoms with Crippen molar-refractivity contribution in [2.24, 2.45) is 0 Å². The van der Waals surface area contributed by atoms with Crippen LogP contribution < -0.4 is 4.40 Å². The van der Waals surface area contributed by atoms with Crippen molar-refractivity contribution in [3.8, 4) is 0 Å². The smallest absolute Gasteiger partial charge is 0.225 e. The third kappa shape index (κ3) is 2.20. The molecule has 0 unspecified atom stereocenters. The molecule has 25 heavy (non-hydrogen) atoms. The summed E-state index contributed by atoms with van der Waals surface area (Å²) in [6.07, 6.45) is 2.30. The summed E-state index contributed by atoms with van der Waals surface area (Å²) in [5.74, 6) is 0.491. The van der Waals surface area contributed by atoms with Crippen molar-refractivity contribution in [3.05, 3.63) is 59.4 Å². The second-order valence-electron chi connectivity index (χ2n) is 7.82. The molecule has 2 nitrogen and oxygen atoms in total. The maximum Gasteiger partial charge on any atom is 0.295 e. The first-order valence-electron chi connectivity index (χ1n) is 9.29. The van der Waals surface area contributed by atoms with E-state index in [0.29, 0.717) is 12.0 Å². The summed E-state index contributed by atoms with van der Waals surface area (Å²) >= 11 is 0. The second kappa shape index (κ2) is 5.59. The zero-order valence-electron chi connectivity index (χ0n) is 16.1. The van der Waals surface area contributed by atoms with Gasteiger partial charge < -0.3 is 0 Å². The lowest BCUT2D eigenvalue weighted by molar-refractivity contribution is -0.479.